The summed E-state index contributed by atoms with van der Waals surface area (Å²) in [6.07, 6.45) is 4.14. The summed E-state index contributed by atoms with van der Waals surface area (Å²) in [6.45, 7) is 2.12. The van der Waals surface area contributed by atoms with Gasteiger partial charge in [0.2, 0.25) is 0 Å². The average molecular weight is 250 g/mol. The summed E-state index contributed by atoms with van der Waals surface area (Å²) >= 11 is 0. The average Bonchev–Trinajstić information content (AvgIpc) is 2.41. The molecule has 1 aromatic rings. The van der Waals surface area contributed by atoms with Crippen LogP contribution in [-0.4, -0.2) is 19.3 Å². The first-order chi connectivity index (χ1) is 8.60. The van der Waals surface area contributed by atoms with Crippen molar-refractivity contribution in [1.29, 1.82) is 0 Å². The molecule has 0 saturated heterocycles. The number of hydrogen-bond donors (Lipinski definition) is 1. The standard InChI is InChI=1S/C15H22O3/c1-11-6-4-5-7-15(11,16)12-8-13(17-2)10-14(9-12)18-3/h8-11,16H,4-7H2,1-3H3. The van der Waals surface area contributed by atoms with Crippen LogP contribution in [0.4, 0.5) is 0 Å². The molecule has 1 aliphatic rings. The van der Waals surface area contributed by atoms with E-state index in [1.54, 1.807) is 14.2 Å². The molecule has 0 aliphatic heterocycles. The lowest BCUT2D eigenvalue weighted by Crippen LogP contribution is -2.36. The van der Waals surface area contributed by atoms with Crippen LogP contribution in [0.5, 0.6) is 11.5 Å². The van der Waals surface area contributed by atoms with E-state index in [0.717, 1.165) is 36.3 Å². The number of aliphatic hydroxyl groups is 1. The van der Waals surface area contributed by atoms with Gasteiger partial charge in [-0.2, -0.15) is 0 Å². The Balaban J connectivity index is 2.41. The Labute approximate surface area is 109 Å². The number of hydrogen-bond acceptors (Lipinski definition) is 3. The maximum Gasteiger partial charge on any atom is 0.122 e. The summed E-state index contributed by atoms with van der Waals surface area (Å²) < 4.78 is 10.6. The normalized spacial score (nSPS) is 27.9. The van der Waals surface area contributed by atoms with Gasteiger partial charge in [0.05, 0.1) is 19.8 Å². The summed E-state index contributed by atoms with van der Waals surface area (Å²) in [6, 6.07) is 5.68. The highest BCUT2D eigenvalue weighted by atomic mass is 16.5. The Morgan fingerprint density at radius 3 is 2.22 bits per heavy atom. The van der Waals surface area contributed by atoms with Crippen molar-refractivity contribution in [3.8, 4) is 11.5 Å². The van der Waals surface area contributed by atoms with Crippen LogP contribution in [0.2, 0.25) is 0 Å². The molecule has 0 heterocycles. The third-order valence-electron chi connectivity index (χ3n) is 4.11. The van der Waals surface area contributed by atoms with Gasteiger partial charge in [0.1, 0.15) is 11.5 Å². The van der Waals surface area contributed by atoms with Crippen LogP contribution in [0.3, 0.4) is 0 Å². The fourth-order valence-electron chi connectivity index (χ4n) is 2.82. The second kappa shape index (κ2) is 5.19. The fraction of sp³-hybridized carbons (Fsp3) is 0.600. The van der Waals surface area contributed by atoms with Crippen LogP contribution in [0, 0.1) is 5.92 Å². The molecule has 0 aromatic heterocycles. The minimum atomic E-state index is -0.750. The van der Waals surface area contributed by atoms with E-state index in [4.69, 9.17) is 9.47 Å². The molecule has 1 saturated carbocycles. The summed E-state index contributed by atoms with van der Waals surface area (Å²) in [7, 11) is 3.26. The van der Waals surface area contributed by atoms with Crippen molar-refractivity contribution < 1.29 is 14.6 Å². The van der Waals surface area contributed by atoms with Crippen molar-refractivity contribution in [2.75, 3.05) is 14.2 Å². The summed E-state index contributed by atoms with van der Waals surface area (Å²) in [5.74, 6) is 1.73. The van der Waals surface area contributed by atoms with Gasteiger partial charge in [0, 0.05) is 6.07 Å². The van der Waals surface area contributed by atoms with E-state index in [2.05, 4.69) is 6.92 Å². The number of rotatable bonds is 3. The molecule has 0 radical (unpaired) electrons. The first kappa shape index (κ1) is 13.2. The van der Waals surface area contributed by atoms with E-state index >= 15 is 0 Å². The third kappa shape index (κ3) is 2.32. The number of benzene rings is 1. The molecule has 0 bridgehead atoms. The molecule has 0 spiro atoms. The molecule has 1 aliphatic carbocycles. The molecule has 2 unspecified atom stereocenters. The zero-order valence-corrected chi connectivity index (χ0v) is 11.4. The Kier molecular flexibility index (Phi) is 3.81. The monoisotopic (exact) mass is 250 g/mol. The topological polar surface area (TPSA) is 38.7 Å². The van der Waals surface area contributed by atoms with Gasteiger partial charge < -0.3 is 14.6 Å². The molecule has 1 fully saturated rings. The highest BCUT2D eigenvalue weighted by molar-refractivity contribution is 5.41. The first-order valence-corrected chi connectivity index (χ1v) is 6.56. The van der Waals surface area contributed by atoms with Gasteiger partial charge >= 0.3 is 0 Å². The molecule has 2 atom stereocenters. The minimum absolute atomic E-state index is 0.267. The van der Waals surface area contributed by atoms with Crippen LogP contribution in [0.25, 0.3) is 0 Å². The van der Waals surface area contributed by atoms with E-state index in [0.29, 0.717) is 0 Å². The van der Waals surface area contributed by atoms with Crippen molar-refractivity contribution in [3.63, 3.8) is 0 Å². The lowest BCUT2D eigenvalue weighted by atomic mass is 9.72. The summed E-state index contributed by atoms with van der Waals surface area (Å²) in [5.41, 5.74) is 0.158. The zero-order valence-electron chi connectivity index (χ0n) is 11.4. The van der Waals surface area contributed by atoms with Crippen molar-refractivity contribution >= 4 is 0 Å². The van der Waals surface area contributed by atoms with Gasteiger partial charge in [-0.15, -0.1) is 0 Å². The van der Waals surface area contributed by atoms with E-state index in [1.165, 1.54) is 6.42 Å². The molecule has 18 heavy (non-hydrogen) atoms. The van der Waals surface area contributed by atoms with Crippen molar-refractivity contribution in [3.05, 3.63) is 23.8 Å². The molecular formula is C15H22O3. The van der Waals surface area contributed by atoms with Crippen molar-refractivity contribution in [2.24, 2.45) is 5.92 Å². The van der Waals surface area contributed by atoms with E-state index in [1.807, 2.05) is 18.2 Å². The minimum Gasteiger partial charge on any atom is -0.497 e. The zero-order chi connectivity index (χ0) is 13.2. The van der Waals surface area contributed by atoms with Crippen LogP contribution >= 0.6 is 0 Å². The van der Waals surface area contributed by atoms with Gasteiger partial charge in [-0.25, -0.2) is 0 Å². The largest absolute Gasteiger partial charge is 0.497 e. The predicted molar refractivity (Wildman–Crippen MR) is 71.1 cm³/mol. The smallest absolute Gasteiger partial charge is 0.122 e. The van der Waals surface area contributed by atoms with E-state index < -0.39 is 5.60 Å². The molecule has 0 amide bonds. The first-order valence-electron chi connectivity index (χ1n) is 6.56. The second-order valence-corrected chi connectivity index (χ2v) is 5.17. The second-order valence-electron chi connectivity index (χ2n) is 5.17. The molecule has 100 valence electrons. The maximum atomic E-state index is 10.9. The van der Waals surface area contributed by atoms with Crippen molar-refractivity contribution in [1.82, 2.24) is 0 Å². The van der Waals surface area contributed by atoms with Gasteiger partial charge in [-0.05, 0) is 36.5 Å². The summed E-state index contributed by atoms with van der Waals surface area (Å²) in [5, 5.41) is 10.9. The molecule has 3 nitrogen and oxygen atoms in total. The van der Waals surface area contributed by atoms with E-state index in [9.17, 15) is 5.11 Å². The molecule has 2 rings (SSSR count). The van der Waals surface area contributed by atoms with Crippen LogP contribution in [0.15, 0.2) is 18.2 Å². The highest BCUT2D eigenvalue weighted by Crippen LogP contribution is 2.43. The third-order valence-corrected chi connectivity index (χ3v) is 4.11. The van der Waals surface area contributed by atoms with Crippen LogP contribution in [-0.2, 0) is 5.60 Å². The Bertz CT molecular complexity index is 394. The van der Waals surface area contributed by atoms with Gasteiger partial charge in [-0.3, -0.25) is 0 Å². The predicted octanol–water partition coefficient (Wildman–Crippen LogP) is 3.10. The lowest BCUT2D eigenvalue weighted by molar-refractivity contribution is -0.0472. The van der Waals surface area contributed by atoms with E-state index in [-0.39, 0.29) is 5.92 Å². The van der Waals surface area contributed by atoms with Crippen molar-refractivity contribution in [2.45, 2.75) is 38.2 Å². The highest BCUT2D eigenvalue weighted by Gasteiger charge is 2.38. The lowest BCUT2D eigenvalue weighted by Gasteiger charge is -2.38. The SMILES string of the molecule is COc1cc(OC)cc(C2(O)CCCCC2C)c1. The fourth-order valence-corrected chi connectivity index (χ4v) is 2.82. The molecule has 1 aromatic carbocycles. The van der Waals surface area contributed by atoms with Crippen LogP contribution < -0.4 is 9.47 Å². The van der Waals surface area contributed by atoms with Gasteiger partial charge in [-0.1, -0.05) is 19.8 Å². The molecule has 3 heteroatoms. The maximum absolute atomic E-state index is 10.9. The number of ether oxygens (including phenoxy) is 2. The Hall–Kier alpha value is -1.22. The van der Waals surface area contributed by atoms with Gasteiger partial charge in [0.25, 0.3) is 0 Å². The summed E-state index contributed by atoms with van der Waals surface area (Å²) in [4.78, 5) is 0. The number of methoxy groups -OCH3 is 2. The van der Waals surface area contributed by atoms with Crippen LogP contribution in [0.1, 0.15) is 38.2 Å². The Morgan fingerprint density at radius 2 is 1.72 bits per heavy atom. The molecule has 1 N–H and O–H groups in total. The van der Waals surface area contributed by atoms with Gasteiger partial charge in [0.15, 0.2) is 0 Å². The Morgan fingerprint density at radius 1 is 1.11 bits per heavy atom. The molecular weight excluding hydrogens is 228 g/mol. The quantitative estimate of drug-likeness (QED) is 0.896.